The van der Waals surface area contributed by atoms with Gasteiger partial charge in [-0.05, 0) is 44.9 Å². The van der Waals surface area contributed by atoms with Crippen LogP contribution in [-0.2, 0) is 19.1 Å². The predicted octanol–water partition coefficient (Wildman–Crippen LogP) is 12.7. The molecule has 0 saturated heterocycles. The van der Waals surface area contributed by atoms with Gasteiger partial charge in [-0.25, -0.2) is 0 Å². The van der Waals surface area contributed by atoms with Crippen LogP contribution in [-0.4, -0.2) is 47.6 Å². The summed E-state index contributed by atoms with van der Waals surface area (Å²) >= 11 is 0. The lowest BCUT2D eigenvalue weighted by Crippen LogP contribution is -2.28. The van der Waals surface area contributed by atoms with Crippen LogP contribution in [0.25, 0.3) is 0 Å². The van der Waals surface area contributed by atoms with Crippen molar-refractivity contribution >= 4 is 11.9 Å². The molecule has 0 amide bonds. The van der Waals surface area contributed by atoms with Crippen molar-refractivity contribution in [2.75, 3.05) is 13.2 Å². The van der Waals surface area contributed by atoms with Crippen LogP contribution < -0.4 is 0 Å². The van der Waals surface area contributed by atoms with E-state index in [0.717, 1.165) is 44.9 Å². The minimum absolute atomic E-state index is 0.131. The second kappa shape index (κ2) is 42.0. The summed E-state index contributed by atoms with van der Waals surface area (Å²) in [6.45, 7) is 3.88. The van der Waals surface area contributed by atoms with Crippen LogP contribution in [0.3, 0.4) is 0 Å². The van der Waals surface area contributed by atoms with E-state index in [1.807, 2.05) is 30.4 Å². The molecule has 0 aliphatic carbocycles. The first-order valence-electron chi connectivity index (χ1n) is 21.6. The fourth-order valence-electron chi connectivity index (χ4n) is 5.84. The van der Waals surface area contributed by atoms with Gasteiger partial charge in [0.15, 0.2) is 6.10 Å². The Labute approximate surface area is 326 Å². The lowest BCUT2D eigenvalue weighted by atomic mass is 10.0. The molecule has 0 rings (SSSR count). The van der Waals surface area contributed by atoms with Crippen molar-refractivity contribution < 1.29 is 29.3 Å². The largest absolute Gasteiger partial charge is 0.462 e. The Morgan fingerprint density at radius 3 is 1.55 bits per heavy atom. The van der Waals surface area contributed by atoms with Crippen LogP contribution in [0.2, 0.25) is 0 Å². The predicted molar refractivity (Wildman–Crippen MR) is 225 cm³/mol. The molecular formula is C47H80O6. The normalized spacial score (nSPS) is 13.5. The topological polar surface area (TPSA) is 93.1 Å². The third-order valence-electron chi connectivity index (χ3n) is 9.11. The number of ether oxygens (including phenoxy) is 2. The Kier molecular flexibility index (Phi) is 39.9. The molecule has 2 atom stereocenters. The second-order valence-electron chi connectivity index (χ2n) is 14.2. The molecule has 304 valence electrons. The van der Waals surface area contributed by atoms with Gasteiger partial charge in [0.25, 0.3) is 0 Å². The van der Waals surface area contributed by atoms with Crippen LogP contribution in [0.5, 0.6) is 0 Å². The van der Waals surface area contributed by atoms with Gasteiger partial charge in [0, 0.05) is 12.8 Å². The molecule has 0 fully saturated rings. The van der Waals surface area contributed by atoms with E-state index in [2.05, 4.69) is 50.3 Å². The van der Waals surface area contributed by atoms with E-state index in [0.29, 0.717) is 19.3 Å². The fourth-order valence-corrected chi connectivity index (χ4v) is 5.84. The first-order chi connectivity index (χ1) is 26.0. The number of carbonyl (C=O) groups is 2. The molecule has 0 aromatic carbocycles. The number of hydrogen-bond acceptors (Lipinski definition) is 6. The maximum absolute atomic E-state index is 12.2. The van der Waals surface area contributed by atoms with Gasteiger partial charge in [0.1, 0.15) is 6.61 Å². The molecule has 0 heterocycles. The lowest BCUT2D eigenvalue weighted by molar-refractivity contribution is -0.161. The molecule has 6 nitrogen and oxygen atoms in total. The fraction of sp³-hybridized carbons (Fsp3) is 0.702. The van der Waals surface area contributed by atoms with Crippen molar-refractivity contribution in [1.82, 2.24) is 0 Å². The zero-order valence-corrected chi connectivity index (χ0v) is 34.1. The molecule has 1 unspecified atom stereocenters. The number of carbonyl (C=O) groups excluding carboxylic acids is 2. The van der Waals surface area contributed by atoms with Crippen LogP contribution >= 0.6 is 0 Å². The zero-order chi connectivity index (χ0) is 38.7. The number of unbranched alkanes of at least 4 members (excludes halogenated alkanes) is 18. The third-order valence-corrected chi connectivity index (χ3v) is 9.11. The van der Waals surface area contributed by atoms with Gasteiger partial charge in [-0.1, -0.05) is 202 Å². The highest BCUT2D eigenvalue weighted by Crippen LogP contribution is 2.15. The van der Waals surface area contributed by atoms with Crippen molar-refractivity contribution in [2.45, 2.75) is 199 Å². The van der Waals surface area contributed by atoms with Gasteiger partial charge in [-0.15, -0.1) is 0 Å². The summed E-state index contributed by atoms with van der Waals surface area (Å²) in [5.74, 6) is -0.771. The van der Waals surface area contributed by atoms with Gasteiger partial charge in [0.05, 0.1) is 12.7 Å². The van der Waals surface area contributed by atoms with Crippen LogP contribution in [0.15, 0.2) is 72.9 Å². The van der Waals surface area contributed by atoms with Crippen molar-refractivity contribution in [3.8, 4) is 0 Å². The first-order valence-corrected chi connectivity index (χ1v) is 21.6. The highest BCUT2D eigenvalue weighted by Gasteiger charge is 2.15. The summed E-state index contributed by atoms with van der Waals surface area (Å²) in [6.07, 6.45) is 52.9. The zero-order valence-electron chi connectivity index (χ0n) is 34.1. The number of hydrogen-bond donors (Lipinski definition) is 2. The smallest absolute Gasteiger partial charge is 0.306 e. The molecule has 0 saturated carbocycles. The number of rotatable bonds is 38. The van der Waals surface area contributed by atoms with E-state index in [1.54, 1.807) is 6.08 Å². The maximum atomic E-state index is 12.2. The van der Waals surface area contributed by atoms with E-state index in [4.69, 9.17) is 9.47 Å². The summed E-state index contributed by atoms with van der Waals surface area (Å²) in [7, 11) is 0. The summed E-state index contributed by atoms with van der Waals surface area (Å²) in [6, 6.07) is 0. The van der Waals surface area contributed by atoms with E-state index in [-0.39, 0.29) is 19.0 Å². The molecule has 0 radical (unpaired) electrons. The molecule has 0 aliphatic rings. The van der Waals surface area contributed by atoms with E-state index in [9.17, 15) is 19.8 Å². The Balaban J connectivity index is 3.73. The summed E-state index contributed by atoms with van der Waals surface area (Å²) in [5, 5.41) is 19.7. The Hall–Kier alpha value is -2.70. The summed E-state index contributed by atoms with van der Waals surface area (Å²) in [4.78, 5) is 24.3. The Bertz CT molecular complexity index is 991. The van der Waals surface area contributed by atoms with Crippen molar-refractivity contribution in [3.05, 3.63) is 72.9 Å². The van der Waals surface area contributed by atoms with Gasteiger partial charge in [-0.2, -0.15) is 0 Å². The Morgan fingerprint density at radius 2 is 1.04 bits per heavy atom. The van der Waals surface area contributed by atoms with Gasteiger partial charge in [0.2, 0.25) is 0 Å². The molecule has 0 spiro atoms. The molecular weight excluding hydrogens is 661 g/mol. The van der Waals surface area contributed by atoms with Gasteiger partial charge < -0.3 is 19.7 Å². The number of allylic oxidation sites excluding steroid dienone is 10. The second-order valence-corrected chi connectivity index (χ2v) is 14.2. The van der Waals surface area contributed by atoms with E-state index < -0.39 is 24.8 Å². The highest BCUT2D eigenvalue weighted by molar-refractivity contribution is 5.70. The van der Waals surface area contributed by atoms with Crippen LogP contribution in [0.1, 0.15) is 187 Å². The summed E-state index contributed by atoms with van der Waals surface area (Å²) in [5.41, 5.74) is 0. The lowest BCUT2D eigenvalue weighted by Gasteiger charge is -2.15. The molecule has 0 aromatic rings. The standard InChI is InChI=1S/C47H80O6/c1-3-5-7-9-11-13-15-17-18-19-20-21-22-24-26-28-30-32-36-40-46(50)52-43-45(42-48)53-47(51)41-37-33-35-39-44(49)38-34-31-29-27-25-23-16-14-12-10-8-6-4-2/h6,8,12,14,23,25,29,31,33-35,38,44-45,48-49H,3-5,7,9-11,13,15-22,24,26-28,30,32,36-37,39-43H2,1-2H3/b8-6-,14-12-,25-23-,31-29-,35-33-,38-34-/t44?,45-/m0/s1. The first kappa shape index (κ1) is 50.3. The minimum atomic E-state index is -0.856. The van der Waals surface area contributed by atoms with Crippen molar-refractivity contribution in [3.63, 3.8) is 0 Å². The summed E-state index contributed by atoms with van der Waals surface area (Å²) < 4.78 is 10.5. The molecule has 0 aliphatic heterocycles. The van der Waals surface area contributed by atoms with Crippen molar-refractivity contribution in [1.29, 1.82) is 0 Å². The van der Waals surface area contributed by atoms with E-state index >= 15 is 0 Å². The van der Waals surface area contributed by atoms with Gasteiger partial charge in [-0.3, -0.25) is 9.59 Å². The molecule has 6 heteroatoms. The molecule has 0 aromatic heterocycles. The molecule has 0 bridgehead atoms. The average Bonchev–Trinajstić information content (AvgIpc) is 3.15. The number of aliphatic hydroxyl groups excluding tert-OH is 2. The average molecular weight is 741 g/mol. The Morgan fingerprint density at radius 1 is 0.547 bits per heavy atom. The molecule has 2 N–H and O–H groups in total. The number of esters is 2. The minimum Gasteiger partial charge on any atom is -0.462 e. The maximum Gasteiger partial charge on any atom is 0.306 e. The van der Waals surface area contributed by atoms with E-state index in [1.165, 1.54) is 103 Å². The monoisotopic (exact) mass is 741 g/mol. The third kappa shape index (κ3) is 40.3. The van der Waals surface area contributed by atoms with Crippen molar-refractivity contribution in [2.24, 2.45) is 0 Å². The molecule has 53 heavy (non-hydrogen) atoms. The van der Waals surface area contributed by atoms with Crippen LogP contribution in [0, 0.1) is 0 Å². The number of aliphatic hydroxyl groups is 2. The van der Waals surface area contributed by atoms with Crippen LogP contribution in [0.4, 0.5) is 0 Å². The quantitative estimate of drug-likeness (QED) is 0.0283. The highest BCUT2D eigenvalue weighted by atomic mass is 16.6. The van der Waals surface area contributed by atoms with Gasteiger partial charge >= 0.3 is 11.9 Å². The SMILES string of the molecule is CC/C=C\C/C=C\C/C=C\C/C=C\C=C/C(O)C/C=C\CCC(=O)O[C@@H](CO)COC(=O)CCCCCCCCCCCCCCCCCCCCC.